The van der Waals surface area contributed by atoms with Gasteiger partial charge in [0.2, 0.25) is 5.91 Å². The van der Waals surface area contributed by atoms with Crippen molar-refractivity contribution in [3.63, 3.8) is 0 Å². The molecule has 0 bridgehead atoms. The standard InChI is InChI=1S/C17H16FNO4S/c18-15-4-2-1-3-14(15)16-7-5-13(23-16)6-8-17(20)19-12-9-10-24(21,22)11-12/h1-8,12H,9-11H2,(H,19,20)/b8-6+/t12-/m1/s1. The molecule has 0 aliphatic carbocycles. The van der Waals surface area contributed by atoms with E-state index in [1.54, 1.807) is 30.3 Å². The quantitative estimate of drug-likeness (QED) is 0.860. The fourth-order valence-electron chi connectivity index (χ4n) is 2.56. The maximum absolute atomic E-state index is 13.7. The van der Waals surface area contributed by atoms with E-state index in [-0.39, 0.29) is 29.3 Å². The van der Waals surface area contributed by atoms with Gasteiger partial charge in [0.05, 0.1) is 17.1 Å². The largest absolute Gasteiger partial charge is 0.457 e. The van der Waals surface area contributed by atoms with Gasteiger partial charge < -0.3 is 9.73 Å². The van der Waals surface area contributed by atoms with Crippen LogP contribution in [-0.4, -0.2) is 31.9 Å². The number of halogens is 1. The van der Waals surface area contributed by atoms with Gasteiger partial charge >= 0.3 is 0 Å². The number of carbonyl (C=O) groups is 1. The van der Waals surface area contributed by atoms with E-state index in [4.69, 9.17) is 4.42 Å². The van der Waals surface area contributed by atoms with Crippen molar-refractivity contribution in [2.75, 3.05) is 11.5 Å². The second kappa shape index (κ2) is 6.60. The molecule has 1 aromatic heterocycles. The van der Waals surface area contributed by atoms with E-state index in [2.05, 4.69) is 5.32 Å². The number of nitrogens with one attached hydrogen (secondary N) is 1. The first kappa shape index (κ1) is 16.4. The molecule has 7 heteroatoms. The van der Waals surface area contributed by atoms with E-state index in [9.17, 15) is 17.6 Å². The first-order chi connectivity index (χ1) is 11.4. The molecule has 1 saturated heterocycles. The van der Waals surface area contributed by atoms with Crippen LogP contribution in [0.1, 0.15) is 12.2 Å². The number of furan rings is 1. The van der Waals surface area contributed by atoms with Gasteiger partial charge in [0.25, 0.3) is 0 Å². The Morgan fingerprint density at radius 1 is 1.25 bits per heavy atom. The Morgan fingerprint density at radius 2 is 2.04 bits per heavy atom. The molecule has 1 aromatic carbocycles. The molecule has 1 N–H and O–H groups in total. The highest BCUT2D eigenvalue weighted by Gasteiger charge is 2.28. The Morgan fingerprint density at radius 3 is 2.75 bits per heavy atom. The molecule has 5 nitrogen and oxygen atoms in total. The van der Waals surface area contributed by atoms with Gasteiger partial charge in [-0.1, -0.05) is 12.1 Å². The molecule has 3 rings (SSSR count). The van der Waals surface area contributed by atoms with E-state index in [1.807, 2.05) is 0 Å². The van der Waals surface area contributed by atoms with Gasteiger partial charge in [-0.25, -0.2) is 12.8 Å². The number of hydrogen-bond acceptors (Lipinski definition) is 4. The van der Waals surface area contributed by atoms with Crippen molar-refractivity contribution in [2.45, 2.75) is 12.5 Å². The fraction of sp³-hybridized carbons (Fsp3) is 0.235. The van der Waals surface area contributed by atoms with Crippen molar-refractivity contribution in [1.82, 2.24) is 5.32 Å². The van der Waals surface area contributed by atoms with E-state index < -0.39 is 9.84 Å². The van der Waals surface area contributed by atoms with E-state index in [1.165, 1.54) is 18.2 Å². The maximum atomic E-state index is 13.7. The summed E-state index contributed by atoms with van der Waals surface area (Å²) >= 11 is 0. The van der Waals surface area contributed by atoms with Crippen molar-refractivity contribution in [2.24, 2.45) is 0 Å². The molecule has 0 spiro atoms. The summed E-state index contributed by atoms with van der Waals surface area (Å²) in [5.74, 6) is 0.0809. The van der Waals surface area contributed by atoms with Crippen LogP contribution < -0.4 is 5.32 Å². The summed E-state index contributed by atoms with van der Waals surface area (Å²) in [5, 5.41) is 2.65. The predicted octanol–water partition coefficient (Wildman–Crippen LogP) is 2.40. The lowest BCUT2D eigenvalue weighted by molar-refractivity contribution is -0.116. The lowest BCUT2D eigenvalue weighted by Gasteiger charge is -2.07. The van der Waals surface area contributed by atoms with Gasteiger partial charge in [0.15, 0.2) is 9.84 Å². The van der Waals surface area contributed by atoms with Crippen LogP contribution in [0.5, 0.6) is 0 Å². The molecule has 0 saturated carbocycles. The molecule has 1 atom stereocenters. The molecule has 1 fully saturated rings. The Hall–Kier alpha value is -2.41. The van der Waals surface area contributed by atoms with Crippen LogP contribution >= 0.6 is 0 Å². The summed E-state index contributed by atoms with van der Waals surface area (Å²) in [6.07, 6.45) is 3.16. The van der Waals surface area contributed by atoms with Gasteiger partial charge in [0.1, 0.15) is 17.3 Å². The molecule has 1 aliphatic heterocycles. The number of rotatable bonds is 4. The van der Waals surface area contributed by atoms with Crippen LogP contribution in [0.25, 0.3) is 17.4 Å². The molecule has 1 aliphatic rings. The molecule has 24 heavy (non-hydrogen) atoms. The normalized spacial score (nSPS) is 19.6. The molecule has 2 heterocycles. The topological polar surface area (TPSA) is 76.4 Å². The first-order valence-electron chi connectivity index (χ1n) is 7.47. The smallest absolute Gasteiger partial charge is 0.244 e. The molecule has 1 amide bonds. The average Bonchev–Trinajstić information content (AvgIpc) is 3.12. The van der Waals surface area contributed by atoms with Crippen molar-refractivity contribution in [1.29, 1.82) is 0 Å². The van der Waals surface area contributed by atoms with Crippen molar-refractivity contribution < 1.29 is 22.0 Å². The molecular formula is C17H16FNO4S. The van der Waals surface area contributed by atoms with E-state index in [0.717, 1.165) is 0 Å². The van der Waals surface area contributed by atoms with E-state index >= 15 is 0 Å². The van der Waals surface area contributed by atoms with Gasteiger partial charge in [-0.3, -0.25) is 4.79 Å². The van der Waals surface area contributed by atoms with Crippen LogP contribution in [0, 0.1) is 5.82 Å². The lowest BCUT2D eigenvalue weighted by Crippen LogP contribution is -2.34. The Balaban J connectivity index is 1.63. The minimum atomic E-state index is -3.03. The maximum Gasteiger partial charge on any atom is 0.244 e. The third kappa shape index (κ3) is 3.91. The third-order valence-corrected chi connectivity index (χ3v) is 5.51. The number of amides is 1. The monoisotopic (exact) mass is 349 g/mol. The summed E-state index contributed by atoms with van der Waals surface area (Å²) in [4.78, 5) is 11.8. The van der Waals surface area contributed by atoms with Crippen molar-refractivity contribution in [3.05, 3.63) is 54.1 Å². The molecule has 126 valence electrons. The zero-order valence-corrected chi connectivity index (χ0v) is 13.6. The van der Waals surface area contributed by atoms with Crippen molar-refractivity contribution >= 4 is 21.8 Å². The number of hydrogen-bond donors (Lipinski definition) is 1. The highest BCUT2D eigenvalue weighted by atomic mass is 32.2. The highest BCUT2D eigenvalue weighted by Crippen LogP contribution is 2.25. The molecule has 0 unspecified atom stereocenters. The minimum Gasteiger partial charge on any atom is -0.457 e. The molecule has 2 aromatic rings. The Kier molecular flexibility index (Phi) is 4.53. The zero-order chi connectivity index (χ0) is 17.2. The summed E-state index contributed by atoms with van der Waals surface area (Å²) in [6.45, 7) is 0. The summed E-state index contributed by atoms with van der Waals surface area (Å²) < 4.78 is 41.9. The number of benzene rings is 1. The summed E-state index contributed by atoms with van der Waals surface area (Å²) in [6, 6.07) is 9.16. The van der Waals surface area contributed by atoms with Crippen LogP contribution in [0.15, 0.2) is 46.9 Å². The highest BCUT2D eigenvalue weighted by molar-refractivity contribution is 7.91. The molecular weight excluding hydrogens is 333 g/mol. The van der Waals surface area contributed by atoms with Gasteiger partial charge in [-0.15, -0.1) is 0 Å². The number of sulfone groups is 1. The number of carbonyl (C=O) groups excluding carboxylic acids is 1. The van der Waals surface area contributed by atoms with Gasteiger partial charge in [0, 0.05) is 12.1 Å². The van der Waals surface area contributed by atoms with Gasteiger partial charge in [-0.2, -0.15) is 0 Å². The van der Waals surface area contributed by atoms with Crippen LogP contribution in [0.3, 0.4) is 0 Å². The second-order valence-corrected chi connectivity index (χ2v) is 7.85. The Labute approximate surface area is 139 Å². The summed E-state index contributed by atoms with van der Waals surface area (Å²) in [5.41, 5.74) is 0.345. The van der Waals surface area contributed by atoms with Crippen LogP contribution in [-0.2, 0) is 14.6 Å². The second-order valence-electron chi connectivity index (χ2n) is 5.62. The van der Waals surface area contributed by atoms with Crippen molar-refractivity contribution in [3.8, 4) is 11.3 Å². The van der Waals surface area contributed by atoms with E-state index in [0.29, 0.717) is 23.5 Å². The minimum absolute atomic E-state index is 0.0231. The first-order valence-corrected chi connectivity index (χ1v) is 9.29. The SMILES string of the molecule is O=C(/C=C/c1ccc(-c2ccccc2F)o1)N[C@@H]1CCS(=O)(=O)C1. The Bertz CT molecular complexity index is 886. The third-order valence-electron chi connectivity index (χ3n) is 3.74. The van der Waals surface area contributed by atoms with Crippen LogP contribution in [0.4, 0.5) is 4.39 Å². The predicted molar refractivity (Wildman–Crippen MR) is 88.3 cm³/mol. The fourth-order valence-corrected chi connectivity index (χ4v) is 4.24. The summed E-state index contributed by atoms with van der Waals surface area (Å²) in [7, 11) is -3.03. The lowest BCUT2D eigenvalue weighted by atomic mass is 10.1. The molecule has 0 radical (unpaired) electrons. The zero-order valence-electron chi connectivity index (χ0n) is 12.7. The van der Waals surface area contributed by atoms with Crippen LogP contribution in [0.2, 0.25) is 0 Å². The van der Waals surface area contributed by atoms with Gasteiger partial charge in [-0.05, 0) is 36.8 Å². The average molecular weight is 349 g/mol.